The van der Waals surface area contributed by atoms with E-state index in [9.17, 15) is 4.79 Å². The van der Waals surface area contributed by atoms with Crippen LogP contribution in [0.3, 0.4) is 0 Å². The van der Waals surface area contributed by atoms with Gasteiger partial charge in [-0.2, -0.15) is 0 Å². The molecule has 4 heteroatoms. The lowest BCUT2D eigenvalue weighted by Gasteiger charge is -2.10. The second-order valence-corrected chi connectivity index (χ2v) is 5.20. The first-order chi connectivity index (χ1) is 9.19. The summed E-state index contributed by atoms with van der Waals surface area (Å²) in [6.07, 6.45) is 3.55. The maximum Gasteiger partial charge on any atom is 0.224 e. The summed E-state index contributed by atoms with van der Waals surface area (Å²) in [4.78, 5) is 11.9. The number of rotatable bonds is 5. The number of benzene rings is 1. The van der Waals surface area contributed by atoms with Crippen LogP contribution >= 0.6 is 15.9 Å². The van der Waals surface area contributed by atoms with Crippen molar-refractivity contribution >= 4 is 27.5 Å². The number of aryl methyl sites for hydroxylation is 2. The zero-order valence-electron chi connectivity index (χ0n) is 10.8. The standard InChI is InChI=1S/C15H16BrNO2/c1-2-11-10-12(16)5-7-14(11)17-15(18)8-6-13-4-3-9-19-13/h3-5,7,9-10H,2,6,8H2,1H3,(H,17,18). The van der Waals surface area contributed by atoms with E-state index in [-0.39, 0.29) is 5.91 Å². The highest BCUT2D eigenvalue weighted by Gasteiger charge is 2.07. The van der Waals surface area contributed by atoms with Crippen LogP contribution in [0.5, 0.6) is 0 Å². The molecule has 1 heterocycles. The van der Waals surface area contributed by atoms with E-state index >= 15 is 0 Å². The first-order valence-electron chi connectivity index (χ1n) is 6.29. The van der Waals surface area contributed by atoms with Crippen LogP contribution in [-0.4, -0.2) is 5.91 Å². The Bertz CT molecular complexity index is 549. The molecule has 0 unspecified atom stereocenters. The second kappa shape index (κ2) is 6.57. The van der Waals surface area contributed by atoms with Gasteiger partial charge in [0.05, 0.1) is 6.26 Å². The number of furan rings is 1. The highest BCUT2D eigenvalue weighted by Crippen LogP contribution is 2.21. The molecule has 0 spiro atoms. The summed E-state index contributed by atoms with van der Waals surface area (Å²) in [6.45, 7) is 2.07. The molecule has 0 aliphatic heterocycles. The molecule has 0 atom stereocenters. The normalized spacial score (nSPS) is 10.4. The van der Waals surface area contributed by atoms with Gasteiger partial charge in [0.1, 0.15) is 5.76 Å². The van der Waals surface area contributed by atoms with Crippen molar-refractivity contribution in [1.82, 2.24) is 0 Å². The third-order valence-corrected chi connectivity index (χ3v) is 3.39. The molecular formula is C15H16BrNO2. The topological polar surface area (TPSA) is 42.2 Å². The monoisotopic (exact) mass is 321 g/mol. The maximum atomic E-state index is 11.9. The van der Waals surface area contributed by atoms with Crippen molar-refractivity contribution in [3.05, 3.63) is 52.4 Å². The van der Waals surface area contributed by atoms with Crippen molar-refractivity contribution in [1.29, 1.82) is 0 Å². The minimum absolute atomic E-state index is 0.00780. The Morgan fingerprint density at radius 3 is 2.89 bits per heavy atom. The Morgan fingerprint density at radius 1 is 1.37 bits per heavy atom. The average molecular weight is 322 g/mol. The number of carbonyl (C=O) groups excluding carboxylic acids is 1. The summed E-state index contributed by atoms with van der Waals surface area (Å²) < 4.78 is 6.23. The summed E-state index contributed by atoms with van der Waals surface area (Å²) in [5.74, 6) is 0.843. The van der Waals surface area contributed by atoms with Gasteiger partial charge in [-0.3, -0.25) is 4.79 Å². The molecule has 0 saturated carbocycles. The van der Waals surface area contributed by atoms with E-state index < -0.39 is 0 Å². The van der Waals surface area contributed by atoms with E-state index in [0.717, 1.165) is 27.9 Å². The SMILES string of the molecule is CCc1cc(Br)ccc1NC(=O)CCc1ccco1. The molecule has 2 rings (SSSR count). The molecule has 19 heavy (non-hydrogen) atoms. The van der Waals surface area contributed by atoms with E-state index in [0.29, 0.717) is 12.8 Å². The molecule has 1 aromatic carbocycles. The Morgan fingerprint density at radius 2 is 2.21 bits per heavy atom. The fourth-order valence-corrected chi connectivity index (χ4v) is 2.29. The molecule has 1 N–H and O–H groups in total. The van der Waals surface area contributed by atoms with E-state index in [1.165, 1.54) is 0 Å². The van der Waals surface area contributed by atoms with Crippen LogP contribution in [-0.2, 0) is 17.6 Å². The minimum atomic E-state index is 0.00780. The van der Waals surface area contributed by atoms with Crippen molar-refractivity contribution in [3.8, 4) is 0 Å². The molecule has 1 amide bonds. The third-order valence-electron chi connectivity index (χ3n) is 2.90. The van der Waals surface area contributed by atoms with Gasteiger partial charge in [-0.1, -0.05) is 22.9 Å². The highest BCUT2D eigenvalue weighted by molar-refractivity contribution is 9.10. The molecule has 0 saturated heterocycles. The molecule has 0 fully saturated rings. The summed E-state index contributed by atoms with van der Waals surface area (Å²) in [6, 6.07) is 9.60. The fourth-order valence-electron chi connectivity index (χ4n) is 1.88. The number of nitrogens with one attached hydrogen (secondary N) is 1. The van der Waals surface area contributed by atoms with Gasteiger partial charge in [0.25, 0.3) is 0 Å². The van der Waals surface area contributed by atoms with Gasteiger partial charge in [-0.25, -0.2) is 0 Å². The van der Waals surface area contributed by atoms with Crippen LogP contribution in [0.2, 0.25) is 0 Å². The van der Waals surface area contributed by atoms with Gasteiger partial charge < -0.3 is 9.73 Å². The summed E-state index contributed by atoms with van der Waals surface area (Å²) in [5, 5.41) is 2.95. The van der Waals surface area contributed by atoms with Crippen LogP contribution in [0.15, 0.2) is 45.5 Å². The van der Waals surface area contributed by atoms with Crippen LogP contribution in [0.4, 0.5) is 5.69 Å². The van der Waals surface area contributed by atoms with Crippen molar-refractivity contribution in [3.63, 3.8) is 0 Å². The van der Waals surface area contributed by atoms with E-state index in [1.807, 2.05) is 30.3 Å². The third kappa shape index (κ3) is 3.96. The number of hydrogen-bond donors (Lipinski definition) is 1. The molecule has 0 bridgehead atoms. The molecule has 2 aromatic rings. The number of halogens is 1. The lowest BCUT2D eigenvalue weighted by molar-refractivity contribution is -0.116. The zero-order chi connectivity index (χ0) is 13.7. The molecule has 1 aromatic heterocycles. The molecule has 3 nitrogen and oxygen atoms in total. The first kappa shape index (κ1) is 13.9. The molecule has 0 aliphatic carbocycles. The second-order valence-electron chi connectivity index (χ2n) is 4.28. The van der Waals surface area contributed by atoms with Crippen molar-refractivity contribution in [2.24, 2.45) is 0 Å². The minimum Gasteiger partial charge on any atom is -0.469 e. The predicted molar refractivity (Wildman–Crippen MR) is 79.2 cm³/mol. The predicted octanol–water partition coefficient (Wildman–Crippen LogP) is 4.18. The van der Waals surface area contributed by atoms with E-state index in [2.05, 4.69) is 28.2 Å². The Labute approximate surface area is 121 Å². The quantitative estimate of drug-likeness (QED) is 0.897. The molecule has 0 aliphatic rings. The number of amides is 1. The smallest absolute Gasteiger partial charge is 0.224 e. The van der Waals surface area contributed by atoms with Gasteiger partial charge in [0.15, 0.2) is 0 Å². The maximum absolute atomic E-state index is 11.9. The average Bonchev–Trinajstić information content (AvgIpc) is 2.91. The van der Waals surface area contributed by atoms with Crippen LogP contribution < -0.4 is 5.32 Å². The van der Waals surface area contributed by atoms with Gasteiger partial charge in [0, 0.05) is 23.0 Å². The molecule has 0 radical (unpaired) electrons. The van der Waals surface area contributed by atoms with Crippen molar-refractivity contribution in [2.75, 3.05) is 5.32 Å². The van der Waals surface area contributed by atoms with E-state index in [1.54, 1.807) is 6.26 Å². The Hall–Kier alpha value is -1.55. The van der Waals surface area contributed by atoms with Gasteiger partial charge in [0.2, 0.25) is 5.91 Å². The Balaban J connectivity index is 1.95. The van der Waals surface area contributed by atoms with E-state index in [4.69, 9.17) is 4.42 Å². The van der Waals surface area contributed by atoms with Crippen molar-refractivity contribution < 1.29 is 9.21 Å². The van der Waals surface area contributed by atoms with Crippen LogP contribution in [0.1, 0.15) is 24.7 Å². The van der Waals surface area contributed by atoms with Crippen LogP contribution in [0.25, 0.3) is 0 Å². The van der Waals surface area contributed by atoms with Gasteiger partial charge in [-0.05, 0) is 42.3 Å². The fraction of sp³-hybridized carbons (Fsp3) is 0.267. The lowest BCUT2D eigenvalue weighted by atomic mass is 10.1. The van der Waals surface area contributed by atoms with Crippen LogP contribution in [0, 0.1) is 0 Å². The first-order valence-corrected chi connectivity index (χ1v) is 7.09. The summed E-state index contributed by atoms with van der Waals surface area (Å²) >= 11 is 3.44. The summed E-state index contributed by atoms with van der Waals surface area (Å²) in [5.41, 5.74) is 2.01. The Kier molecular flexibility index (Phi) is 4.80. The molecule has 100 valence electrons. The summed E-state index contributed by atoms with van der Waals surface area (Å²) in [7, 11) is 0. The largest absolute Gasteiger partial charge is 0.469 e. The van der Waals surface area contributed by atoms with Gasteiger partial charge >= 0.3 is 0 Å². The highest BCUT2D eigenvalue weighted by atomic mass is 79.9. The van der Waals surface area contributed by atoms with Gasteiger partial charge in [-0.15, -0.1) is 0 Å². The number of anilines is 1. The number of carbonyl (C=O) groups is 1. The lowest BCUT2D eigenvalue weighted by Crippen LogP contribution is -2.13. The number of hydrogen-bond acceptors (Lipinski definition) is 2. The zero-order valence-corrected chi connectivity index (χ0v) is 12.4. The molecular weight excluding hydrogens is 306 g/mol. The van der Waals surface area contributed by atoms with Crippen molar-refractivity contribution in [2.45, 2.75) is 26.2 Å².